The molecular formula is C31H39FN4. The van der Waals surface area contributed by atoms with Gasteiger partial charge in [0, 0.05) is 33.1 Å². The van der Waals surface area contributed by atoms with E-state index in [0.29, 0.717) is 18.4 Å². The van der Waals surface area contributed by atoms with Crippen LogP contribution < -0.4 is 0 Å². The Balaban J connectivity index is 1.28. The first-order valence-electron chi connectivity index (χ1n) is 13.5. The van der Waals surface area contributed by atoms with Gasteiger partial charge in [0.25, 0.3) is 0 Å². The maximum atomic E-state index is 13.3. The number of likely N-dealkylation sites (tertiary alicyclic amines) is 1. The topological polar surface area (TPSA) is 22.1 Å². The number of nitrogens with zero attached hydrogens (tertiary/aromatic N) is 4. The van der Waals surface area contributed by atoms with Gasteiger partial charge in [0.2, 0.25) is 0 Å². The monoisotopic (exact) mass is 486 g/mol. The molecule has 0 N–H and O–H groups in total. The number of fused-ring (bicyclic) bond motifs is 1. The van der Waals surface area contributed by atoms with Gasteiger partial charge in [0.15, 0.2) is 0 Å². The van der Waals surface area contributed by atoms with Crippen LogP contribution in [0.2, 0.25) is 0 Å². The third kappa shape index (κ3) is 6.32. The SMILES string of the molecule is CN(C)N(C1=CC2CC2C=C1)C(=NCCc1ccc(F)cc1)C1CCN(CCc2ccccc2)CC1. The van der Waals surface area contributed by atoms with Crippen LogP contribution in [-0.4, -0.2) is 61.0 Å². The molecule has 0 spiro atoms. The summed E-state index contributed by atoms with van der Waals surface area (Å²) in [6, 6.07) is 17.6. The first-order valence-corrected chi connectivity index (χ1v) is 13.5. The number of benzene rings is 2. The highest BCUT2D eigenvalue weighted by atomic mass is 19.1. The fourth-order valence-corrected chi connectivity index (χ4v) is 5.52. The highest BCUT2D eigenvalue weighted by Crippen LogP contribution is 2.45. The number of amidine groups is 1. The van der Waals surface area contributed by atoms with Crippen molar-refractivity contribution in [3.63, 3.8) is 0 Å². The van der Waals surface area contributed by atoms with Crippen LogP contribution in [-0.2, 0) is 12.8 Å². The summed E-state index contributed by atoms with van der Waals surface area (Å²) in [7, 11) is 4.25. The third-order valence-electron chi connectivity index (χ3n) is 7.75. The number of piperidine rings is 1. The van der Waals surface area contributed by atoms with Crippen molar-refractivity contribution in [1.29, 1.82) is 0 Å². The largest absolute Gasteiger partial charge is 0.303 e. The van der Waals surface area contributed by atoms with Gasteiger partial charge in [0.1, 0.15) is 11.7 Å². The van der Waals surface area contributed by atoms with Crippen LogP contribution >= 0.6 is 0 Å². The zero-order chi connectivity index (χ0) is 24.9. The number of hydrogen-bond acceptors (Lipinski definition) is 3. The standard InChI is InChI=1S/C31H39FN4/c1-34(2)36(30-13-10-27-22-28(27)23-30)31(33-18-14-25-8-11-29(32)12-9-25)26-16-20-35(21-17-26)19-15-24-6-4-3-5-7-24/h3-13,23,26-28H,14-22H2,1-2H3. The highest BCUT2D eigenvalue weighted by Gasteiger charge is 2.37. The van der Waals surface area contributed by atoms with Gasteiger partial charge in [-0.1, -0.05) is 54.6 Å². The van der Waals surface area contributed by atoms with E-state index < -0.39 is 0 Å². The lowest BCUT2D eigenvalue weighted by Crippen LogP contribution is -2.47. The summed E-state index contributed by atoms with van der Waals surface area (Å²) in [5, 5.41) is 4.54. The average molecular weight is 487 g/mol. The lowest BCUT2D eigenvalue weighted by Gasteiger charge is -2.40. The molecule has 2 aromatic rings. The quantitative estimate of drug-likeness (QED) is 0.262. The Morgan fingerprint density at radius 3 is 2.36 bits per heavy atom. The highest BCUT2D eigenvalue weighted by molar-refractivity contribution is 5.86. The lowest BCUT2D eigenvalue weighted by atomic mass is 9.94. The van der Waals surface area contributed by atoms with Crippen LogP contribution in [0.1, 0.15) is 30.4 Å². The maximum Gasteiger partial charge on any atom is 0.123 e. The van der Waals surface area contributed by atoms with E-state index in [9.17, 15) is 4.39 Å². The van der Waals surface area contributed by atoms with Gasteiger partial charge in [0.05, 0.1) is 5.70 Å². The van der Waals surface area contributed by atoms with E-state index in [1.165, 1.54) is 23.5 Å². The minimum Gasteiger partial charge on any atom is -0.303 e. The van der Waals surface area contributed by atoms with Crippen LogP contribution in [0.5, 0.6) is 0 Å². The van der Waals surface area contributed by atoms with E-state index in [1.54, 1.807) is 12.1 Å². The van der Waals surface area contributed by atoms with Gasteiger partial charge in [-0.2, -0.15) is 0 Å². The van der Waals surface area contributed by atoms with Gasteiger partial charge in [-0.15, -0.1) is 0 Å². The summed E-state index contributed by atoms with van der Waals surface area (Å²) in [4.78, 5) is 7.84. The second kappa shape index (κ2) is 11.5. The minimum absolute atomic E-state index is 0.185. The molecule has 5 heteroatoms. The van der Waals surface area contributed by atoms with E-state index >= 15 is 0 Å². The van der Waals surface area contributed by atoms with Crippen molar-refractivity contribution >= 4 is 5.84 Å². The van der Waals surface area contributed by atoms with Crippen molar-refractivity contribution in [3.8, 4) is 0 Å². The molecule has 1 aliphatic heterocycles. The van der Waals surface area contributed by atoms with E-state index in [4.69, 9.17) is 4.99 Å². The Hall–Kier alpha value is -2.76. The molecule has 0 amide bonds. The van der Waals surface area contributed by atoms with Crippen LogP contribution in [0.15, 0.2) is 83.5 Å². The molecule has 1 saturated heterocycles. The molecule has 2 aromatic carbocycles. The fraction of sp³-hybridized carbons (Fsp3) is 0.452. The summed E-state index contributed by atoms with van der Waals surface area (Å²) in [5.74, 6) is 2.85. The van der Waals surface area contributed by atoms with Crippen LogP contribution in [0, 0.1) is 23.6 Å². The first-order chi connectivity index (χ1) is 17.6. The van der Waals surface area contributed by atoms with Crippen molar-refractivity contribution in [2.75, 3.05) is 40.3 Å². The summed E-state index contributed by atoms with van der Waals surface area (Å²) < 4.78 is 13.3. The summed E-state index contributed by atoms with van der Waals surface area (Å²) in [5.41, 5.74) is 3.80. The molecule has 1 heterocycles. The second-order valence-corrected chi connectivity index (χ2v) is 10.6. The predicted molar refractivity (Wildman–Crippen MR) is 146 cm³/mol. The van der Waals surface area contributed by atoms with Gasteiger partial charge in [-0.3, -0.25) is 10.0 Å². The molecular weight excluding hydrogens is 447 g/mol. The summed E-state index contributed by atoms with van der Waals surface area (Å²) >= 11 is 0. The van der Waals surface area contributed by atoms with Gasteiger partial charge in [-0.25, -0.2) is 9.40 Å². The number of hydrazine groups is 1. The molecule has 36 heavy (non-hydrogen) atoms. The molecule has 190 valence electrons. The Bertz CT molecular complexity index is 1080. The van der Waals surface area contributed by atoms with E-state index in [2.05, 4.69) is 77.6 Å². The molecule has 2 unspecified atom stereocenters. The molecule has 0 radical (unpaired) electrons. The van der Waals surface area contributed by atoms with E-state index in [0.717, 1.165) is 56.8 Å². The van der Waals surface area contributed by atoms with Crippen molar-refractivity contribution < 1.29 is 4.39 Å². The first kappa shape index (κ1) is 24.9. The molecule has 5 rings (SSSR count). The van der Waals surface area contributed by atoms with Gasteiger partial charge < -0.3 is 4.90 Å². The van der Waals surface area contributed by atoms with Crippen molar-refractivity contribution in [3.05, 3.63) is 95.5 Å². The molecule has 3 aliphatic rings. The molecule has 2 fully saturated rings. The molecule has 2 aliphatic carbocycles. The third-order valence-corrected chi connectivity index (χ3v) is 7.75. The second-order valence-electron chi connectivity index (χ2n) is 10.6. The molecule has 0 aromatic heterocycles. The Morgan fingerprint density at radius 1 is 0.944 bits per heavy atom. The molecule has 1 saturated carbocycles. The van der Waals surface area contributed by atoms with Gasteiger partial charge in [-0.05, 0) is 86.4 Å². The normalized spacial score (nSPS) is 22.4. The Labute approximate surface area is 215 Å². The summed E-state index contributed by atoms with van der Waals surface area (Å²) in [6.45, 7) is 4.04. The number of allylic oxidation sites excluding steroid dienone is 3. The number of halogens is 1. The van der Waals surface area contributed by atoms with E-state index in [1.807, 2.05) is 12.1 Å². The number of rotatable bonds is 9. The lowest BCUT2D eigenvalue weighted by molar-refractivity contribution is 0.136. The number of aliphatic imine (C=N–C) groups is 1. The van der Waals surface area contributed by atoms with Crippen molar-refractivity contribution in [2.24, 2.45) is 22.7 Å². The Morgan fingerprint density at radius 2 is 1.67 bits per heavy atom. The summed E-state index contributed by atoms with van der Waals surface area (Å²) in [6.07, 6.45) is 12.6. The van der Waals surface area contributed by atoms with Crippen LogP contribution in [0.4, 0.5) is 4.39 Å². The average Bonchev–Trinajstić information content (AvgIpc) is 3.68. The zero-order valence-corrected chi connectivity index (χ0v) is 21.7. The molecule has 0 bridgehead atoms. The van der Waals surface area contributed by atoms with Crippen molar-refractivity contribution in [1.82, 2.24) is 14.9 Å². The van der Waals surface area contributed by atoms with Gasteiger partial charge >= 0.3 is 0 Å². The van der Waals surface area contributed by atoms with Crippen LogP contribution in [0.3, 0.4) is 0 Å². The van der Waals surface area contributed by atoms with Crippen LogP contribution in [0.25, 0.3) is 0 Å². The molecule has 4 nitrogen and oxygen atoms in total. The maximum absolute atomic E-state index is 13.3. The minimum atomic E-state index is -0.185. The van der Waals surface area contributed by atoms with Crippen molar-refractivity contribution in [2.45, 2.75) is 32.1 Å². The zero-order valence-electron chi connectivity index (χ0n) is 21.7. The van der Waals surface area contributed by atoms with E-state index in [-0.39, 0.29) is 5.82 Å². The Kier molecular flexibility index (Phi) is 7.98. The molecule has 2 atom stereocenters. The smallest absolute Gasteiger partial charge is 0.123 e. The number of hydrogen-bond donors (Lipinski definition) is 0. The fourth-order valence-electron chi connectivity index (χ4n) is 5.52. The predicted octanol–water partition coefficient (Wildman–Crippen LogP) is 5.59.